The number of rotatable bonds is 5. The van der Waals surface area contributed by atoms with Crippen LogP contribution in [-0.4, -0.2) is 31.1 Å². The first-order valence-electron chi connectivity index (χ1n) is 7.09. The van der Waals surface area contributed by atoms with Crippen LogP contribution >= 0.6 is 0 Å². The third-order valence-electron chi connectivity index (χ3n) is 3.89. The minimum Gasteiger partial charge on any atom is -0.312 e. The van der Waals surface area contributed by atoms with Crippen molar-refractivity contribution in [2.75, 3.05) is 26.2 Å². The zero-order valence-corrected chi connectivity index (χ0v) is 11.7. The van der Waals surface area contributed by atoms with Crippen molar-refractivity contribution in [2.24, 2.45) is 5.92 Å². The molecular weight excluding hydrogens is 265 g/mol. The number of hydrogen-bond donors (Lipinski definition) is 1. The maximum absolute atomic E-state index is 12.8. The SMILES string of the molecule is CCN1CCC(CNCc2ccccc2C(F)(F)F)C1. The van der Waals surface area contributed by atoms with E-state index in [0.29, 0.717) is 11.5 Å². The lowest BCUT2D eigenvalue weighted by Gasteiger charge is -2.16. The van der Waals surface area contributed by atoms with Crippen LogP contribution in [0, 0.1) is 5.92 Å². The molecule has 0 saturated carbocycles. The molecule has 0 spiro atoms. The molecule has 1 N–H and O–H groups in total. The zero-order valence-electron chi connectivity index (χ0n) is 11.7. The summed E-state index contributed by atoms with van der Waals surface area (Å²) in [7, 11) is 0. The predicted octanol–water partition coefficient (Wildman–Crippen LogP) is 3.14. The molecule has 2 nitrogen and oxygen atoms in total. The normalized spacial score (nSPS) is 20.5. The van der Waals surface area contributed by atoms with E-state index >= 15 is 0 Å². The number of alkyl halides is 3. The molecule has 1 saturated heterocycles. The van der Waals surface area contributed by atoms with Gasteiger partial charge in [-0.25, -0.2) is 0 Å². The molecule has 0 amide bonds. The molecule has 0 radical (unpaired) electrons. The molecule has 1 aliphatic rings. The Morgan fingerprint density at radius 3 is 2.70 bits per heavy atom. The smallest absolute Gasteiger partial charge is 0.312 e. The summed E-state index contributed by atoms with van der Waals surface area (Å²) in [6.07, 6.45) is -3.15. The molecule has 1 unspecified atom stereocenters. The van der Waals surface area contributed by atoms with Gasteiger partial charge in [-0.2, -0.15) is 13.2 Å². The minimum absolute atomic E-state index is 0.276. The predicted molar refractivity (Wildman–Crippen MR) is 73.4 cm³/mol. The Bertz CT molecular complexity index is 431. The van der Waals surface area contributed by atoms with Gasteiger partial charge in [0.1, 0.15) is 0 Å². The number of benzene rings is 1. The standard InChI is InChI=1S/C15H21F3N2/c1-2-20-8-7-12(11-20)9-19-10-13-5-3-4-6-14(13)15(16,17)18/h3-6,12,19H,2,7-11H2,1H3. The van der Waals surface area contributed by atoms with E-state index < -0.39 is 11.7 Å². The minimum atomic E-state index is -4.27. The molecule has 0 aromatic heterocycles. The molecule has 20 heavy (non-hydrogen) atoms. The van der Waals surface area contributed by atoms with Gasteiger partial charge in [0, 0.05) is 13.1 Å². The fourth-order valence-electron chi connectivity index (χ4n) is 2.73. The fourth-order valence-corrected chi connectivity index (χ4v) is 2.73. The van der Waals surface area contributed by atoms with Crippen molar-refractivity contribution in [3.63, 3.8) is 0 Å². The zero-order chi connectivity index (χ0) is 14.6. The maximum atomic E-state index is 12.8. The molecule has 0 aliphatic carbocycles. The highest BCUT2D eigenvalue weighted by atomic mass is 19.4. The second-order valence-electron chi connectivity index (χ2n) is 5.33. The Kier molecular flexibility index (Phi) is 5.05. The Morgan fingerprint density at radius 2 is 2.05 bits per heavy atom. The lowest BCUT2D eigenvalue weighted by atomic mass is 10.1. The largest absolute Gasteiger partial charge is 0.416 e. The van der Waals surface area contributed by atoms with E-state index in [-0.39, 0.29) is 6.54 Å². The van der Waals surface area contributed by atoms with Crippen molar-refractivity contribution in [1.29, 1.82) is 0 Å². The van der Waals surface area contributed by atoms with Crippen LogP contribution in [0.5, 0.6) is 0 Å². The summed E-state index contributed by atoms with van der Waals surface area (Å²) in [5.41, 5.74) is -0.209. The average Bonchev–Trinajstić information content (AvgIpc) is 2.86. The highest BCUT2D eigenvalue weighted by Crippen LogP contribution is 2.31. The van der Waals surface area contributed by atoms with Crippen molar-refractivity contribution in [2.45, 2.75) is 26.1 Å². The first kappa shape index (κ1) is 15.3. The van der Waals surface area contributed by atoms with Crippen LogP contribution < -0.4 is 5.32 Å². The summed E-state index contributed by atoms with van der Waals surface area (Å²) in [5, 5.41) is 3.17. The van der Waals surface area contributed by atoms with Gasteiger partial charge in [0.2, 0.25) is 0 Å². The molecule has 1 atom stereocenters. The van der Waals surface area contributed by atoms with Crippen LogP contribution in [0.1, 0.15) is 24.5 Å². The quantitative estimate of drug-likeness (QED) is 0.894. The Morgan fingerprint density at radius 1 is 1.30 bits per heavy atom. The van der Waals surface area contributed by atoms with Crippen LogP contribution in [-0.2, 0) is 12.7 Å². The molecule has 1 heterocycles. The fraction of sp³-hybridized carbons (Fsp3) is 0.600. The van der Waals surface area contributed by atoms with Gasteiger partial charge in [0.05, 0.1) is 5.56 Å². The maximum Gasteiger partial charge on any atom is 0.416 e. The third kappa shape index (κ3) is 3.96. The van der Waals surface area contributed by atoms with Gasteiger partial charge < -0.3 is 10.2 Å². The number of likely N-dealkylation sites (tertiary alicyclic amines) is 1. The molecule has 112 valence electrons. The lowest BCUT2D eigenvalue weighted by Crippen LogP contribution is -2.26. The van der Waals surface area contributed by atoms with E-state index in [1.54, 1.807) is 12.1 Å². The monoisotopic (exact) mass is 286 g/mol. The van der Waals surface area contributed by atoms with Crippen LogP contribution in [0.15, 0.2) is 24.3 Å². The van der Waals surface area contributed by atoms with Crippen molar-refractivity contribution >= 4 is 0 Å². The summed E-state index contributed by atoms with van der Waals surface area (Å²) in [4.78, 5) is 2.37. The van der Waals surface area contributed by atoms with E-state index in [9.17, 15) is 13.2 Å². The van der Waals surface area contributed by atoms with Crippen molar-refractivity contribution < 1.29 is 13.2 Å². The number of halogens is 3. The van der Waals surface area contributed by atoms with Crippen LogP contribution in [0.4, 0.5) is 13.2 Å². The Balaban J connectivity index is 1.86. The summed E-state index contributed by atoms with van der Waals surface area (Å²) in [6, 6.07) is 5.78. The van der Waals surface area contributed by atoms with Crippen LogP contribution in [0.25, 0.3) is 0 Å². The van der Waals surface area contributed by atoms with E-state index in [1.807, 2.05) is 0 Å². The summed E-state index contributed by atoms with van der Waals surface area (Å²) in [5.74, 6) is 0.549. The second-order valence-corrected chi connectivity index (χ2v) is 5.33. The highest BCUT2D eigenvalue weighted by Gasteiger charge is 2.32. The van der Waals surface area contributed by atoms with Gasteiger partial charge in [0.15, 0.2) is 0 Å². The average molecular weight is 286 g/mol. The molecule has 1 fully saturated rings. The van der Waals surface area contributed by atoms with E-state index in [1.165, 1.54) is 6.07 Å². The van der Waals surface area contributed by atoms with Gasteiger partial charge in [-0.15, -0.1) is 0 Å². The van der Waals surface area contributed by atoms with Gasteiger partial charge in [-0.3, -0.25) is 0 Å². The first-order chi connectivity index (χ1) is 9.50. The lowest BCUT2D eigenvalue weighted by molar-refractivity contribution is -0.138. The van der Waals surface area contributed by atoms with Crippen molar-refractivity contribution in [1.82, 2.24) is 10.2 Å². The number of nitrogens with one attached hydrogen (secondary N) is 1. The van der Waals surface area contributed by atoms with E-state index in [0.717, 1.165) is 38.7 Å². The van der Waals surface area contributed by atoms with E-state index in [2.05, 4.69) is 17.1 Å². The van der Waals surface area contributed by atoms with Crippen molar-refractivity contribution in [3.8, 4) is 0 Å². The summed E-state index contributed by atoms with van der Waals surface area (Å²) >= 11 is 0. The third-order valence-corrected chi connectivity index (χ3v) is 3.89. The topological polar surface area (TPSA) is 15.3 Å². The van der Waals surface area contributed by atoms with Crippen LogP contribution in [0.2, 0.25) is 0 Å². The number of nitrogens with zero attached hydrogens (tertiary/aromatic N) is 1. The molecule has 1 aliphatic heterocycles. The van der Waals surface area contributed by atoms with Crippen molar-refractivity contribution in [3.05, 3.63) is 35.4 Å². The van der Waals surface area contributed by atoms with Gasteiger partial charge in [-0.1, -0.05) is 25.1 Å². The summed E-state index contributed by atoms with van der Waals surface area (Å²) < 4.78 is 38.5. The Hall–Kier alpha value is -1.07. The molecular formula is C15H21F3N2. The van der Waals surface area contributed by atoms with Gasteiger partial charge in [-0.05, 0) is 43.6 Å². The van der Waals surface area contributed by atoms with Crippen LogP contribution in [0.3, 0.4) is 0 Å². The summed E-state index contributed by atoms with van der Waals surface area (Å²) in [6.45, 7) is 6.39. The Labute approximate surface area is 118 Å². The van der Waals surface area contributed by atoms with Gasteiger partial charge in [0.25, 0.3) is 0 Å². The molecule has 2 rings (SSSR count). The molecule has 5 heteroatoms. The molecule has 1 aromatic carbocycles. The molecule has 0 bridgehead atoms. The highest BCUT2D eigenvalue weighted by molar-refractivity contribution is 5.29. The molecule has 1 aromatic rings. The van der Waals surface area contributed by atoms with Gasteiger partial charge >= 0.3 is 6.18 Å². The van der Waals surface area contributed by atoms with E-state index in [4.69, 9.17) is 0 Å². The first-order valence-corrected chi connectivity index (χ1v) is 7.09. The second kappa shape index (κ2) is 6.59. The number of hydrogen-bond acceptors (Lipinski definition) is 2.